The fourth-order valence-corrected chi connectivity index (χ4v) is 4.71. The van der Waals surface area contributed by atoms with Crippen LogP contribution in [-0.2, 0) is 14.3 Å². The number of nitrogens with zero attached hydrogens (tertiary/aromatic N) is 1. The first-order chi connectivity index (χ1) is 13.7. The molecule has 1 aliphatic carbocycles. The molecule has 1 saturated carbocycles. The summed E-state index contributed by atoms with van der Waals surface area (Å²) in [5, 5.41) is 2.54. The van der Waals surface area contributed by atoms with E-state index in [1.807, 2.05) is 0 Å². The zero-order chi connectivity index (χ0) is 19.3. The second kappa shape index (κ2) is 9.06. The van der Waals surface area contributed by atoms with E-state index in [0.29, 0.717) is 6.10 Å². The third kappa shape index (κ3) is 4.73. The topological polar surface area (TPSA) is 38.8 Å². The van der Waals surface area contributed by atoms with E-state index in [0.717, 1.165) is 38.9 Å². The number of rotatable bonds is 6. The van der Waals surface area contributed by atoms with Crippen molar-refractivity contribution < 1.29 is 14.3 Å². The summed E-state index contributed by atoms with van der Waals surface area (Å²) in [4.78, 5) is 13.7. The minimum Gasteiger partial charge on any atom is -0.461 e. The molecule has 150 valence electrons. The summed E-state index contributed by atoms with van der Waals surface area (Å²) >= 11 is 0. The first-order valence-corrected chi connectivity index (χ1v) is 10.7. The van der Waals surface area contributed by atoms with Crippen molar-refractivity contribution in [2.24, 2.45) is 0 Å². The van der Waals surface area contributed by atoms with Gasteiger partial charge in [0.05, 0.1) is 12.2 Å². The van der Waals surface area contributed by atoms with E-state index in [1.165, 1.54) is 42.5 Å². The van der Waals surface area contributed by atoms with Crippen molar-refractivity contribution in [3.63, 3.8) is 0 Å². The highest BCUT2D eigenvalue weighted by atomic mass is 16.5. The average Bonchev–Trinajstić information content (AvgIpc) is 3.14. The quantitative estimate of drug-likeness (QED) is 0.669. The summed E-state index contributed by atoms with van der Waals surface area (Å²) in [5.41, 5.74) is 1.28. The number of carbonyl (C=O) groups is 1. The van der Waals surface area contributed by atoms with Gasteiger partial charge in [-0.3, -0.25) is 9.69 Å². The van der Waals surface area contributed by atoms with Gasteiger partial charge in [-0.2, -0.15) is 0 Å². The number of fused-ring (bicyclic) bond motifs is 1. The molecule has 2 fully saturated rings. The van der Waals surface area contributed by atoms with Crippen LogP contribution in [0, 0.1) is 0 Å². The van der Waals surface area contributed by atoms with Gasteiger partial charge in [0, 0.05) is 26.6 Å². The van der Waals surface area contributed by atoms with E-state index >= 15 is 0 Å². The first-order valence-electron chi connectivity index (χ1n) is 10.7. The second-order valence-electron chi connectivity index (χ2n) is 8.23. The highest BCUT2D eigenvalue weighted by molar-refractivity contribution is 5.86. The Hall–Kier alpha value is -1.91. The number of esters is 1. The van der Waals surface area contributed by atoms with Crippen LogP contribution >= 0.6 is 0 Å². The summed E-state index contributed by atoms with van der Waals surface area (Å²) in [7, 11) is 0. The molecule has 0 aromatic heterocycles. The van der Waals surface area contributed by atoms with E-state index in [-0.39, 0.29) is 18.2 Å². The van der Waals surface area contributed by atoms with Gasteiger partial charge < -0.3 is 9.47 Å². The van der Waals surface area contributed by atoms with Crippen molar-refractivity contribution in [2.75, 3.05) is 19.6 Å². The predicted molar refractivity (Wildman–Crippen MR) is 111 cm³/mol. The molecule has 2 atom stereocenters. The van der Waals surface area contributed by atoms with Gasteiger partial charge in [0.25, 0.3) is 0 Å². The maximum atomic E-state index is 11.3. The van der Waals surface area contributed by atoms with Gasteiger partial charge in [-0.15, -0.1) is 0 Å². The van der Waals surface area contributed by atoms with Crippen LogP contribution in [0.25, 0.3) is 10.8 Å². The van der Waals surface area contributed by atoms with Gasteiger partial charge in [-0.1, -0.05) is 61.7 Å². The molecular weight excluding hydrogens is 350 g/mol. The molecule has 2 aromatic rings. The molecule has 1 aliphatic heterocycles. The molecule has 0 spiro atoms. The van der Waals surface area contributed by atoms with Gasteiger partial charge in [0.2, 0.25) is 0 Å². The molecule has 2 aliphatic rings. The number of ether oxygens (including phenoxy) is 2. The summed E-state index contributed by atoms with van der Waals surface area (Å²) in [6, 6.07) is 15.1. The molecule has 0 amide bonds. The maximum absolute atomic E-state index is 11.3. The number of likely N-dealkylation sites (tertiary alicyclic amines) is 1. The predicted octanol–water partition coefficient (Wildman–Crippen LogP) is 4.87. The van der Waals surface area contributed by atoms with Gasteiger partial charge in [-0.25, -0.2) is 0 Å². The van der Waals surface area contributed by atoms with Crippen LogP contribution in [0.1, 0.15) is 57.1 Å². The molecule has 1 heterocycles. The van der Waals surface area contributed by atoms with Crippen LogP contribution in [-0.4, -0.2) is 42.7 Å². The Morgan fingerprint density at radius 1 is 1.04 bits per heavy atom. The van der Waals surface area contributed by atoms with Crippen molar-refractivity contribution in [1.29, 1.82) is 0 Å². The Morgan fingerprint density at radius 2 is 1.82 bits per heavy atom. The second-order valence-corrected chi connectivity index (χ2v) is 8.23. The van der Waals surface area contributed by atoms with Crippen LogP contribution in [0.3, 0.4) is 0 Å². The molecule has 4 heteroatoms. The molecule has 28 heavy (non-hydrogen) atoms. The fourth-order valence-electron chi connectivity index (χ4n) is 4.71. The average molecular weight is 382 g/mol. The van der Waals surface area contributed by atoms with Crippen molar-refractivity contribution in [1.82, 2.24) is 4.90 Å². The minimum atomic E-state index is -0.184. The van der Waals surface area contributed by atoms with Crippen LogP contribution in [0.4, 0.5) is 0 Å². The van der Waals surface area contributed by atoms with Gasteiger partial charge in [0.15, 0.2) is 0 Å². The van der Waals surface area contributed by atoms with Crippen LogP contribution < -0.4 is 0 Å². The Bertz CT molecular complexity index is 794. The lowest BCUT2D eigenvalue weighted by Crippen LogP contribution is -2.32. The van der Waals surface area contributed by atoms with Crippen molar-refractivity contribution in [3.05, 3.63) is 48.0 Å². The van der Waals surface area contributed by atoms with Crippen molar-refractivity contribution in [2.45, 2.75) is 63.8 Å². The molecule has 0 N–H and O–H groups in total. The number of hydrogen-bond donors (Lipinski definition) is 0. The van der Waals surface area contributed by atoms with Crippen molar-refractivity contribution in [3.8, 4) is 0 Å². The number of hydrogen-bond acceptors (Lipinski definition) is 4. The molecule has 0 radical (unpaired) electrons. The normalized spacial score (nSPS) is 22.4. The van der Waals surface area contributed by atoms with Crippen LogP contribution in [0.5, 0.6) is 0 Å². The minimum absolute atomic E-state index is 0.0142. The highest BCUT2D eigenvalue weighted by Gasteiger charge is 2.29. The van der Waals surface area contributed by atoms with Crippen LogP contribution in [0.15, 0.2) is 42.5 Å². The monoisotopic (exact) mass is 381 g/mol. The van der Waals surface area contributed by atoms with Gasteiger partial charge >= 0.3 is 5.97 Å². The SMILES string of the molecule is CC(=O)OC1CCN(CC(OC2CCCCC2)c2cccc3ccccc23)C1. The van der Waals surface area contributed by atoms with E-state index in [2.05, 4.69) is 47.4 Å². The molecule has 4 rings (SSSR count). The lowest BCUT2D eigenvalue weighted by Gasteiger charge is -2.31. The molecule has 2 unspecified atom stereocenters. The molecular formula is C24H31NO3. The number of benzene rings is 2. The Balaban J connectivity index is 1.54. The standard InChI is InChI=1S/C24H31NO3/c1-18(26)27-21-14-15-25(16-21)17-24(28-20-10-3-2-4-11-20)23-13-7-9-19-8-5-6-12-22(19)23/h5-9,12-13,20-21,24H,2-4,10-11,14-17H2,1H3. The third-order valence-electron chi connectivity index (χ3n) is 6.06. The smallest absolute Gasteiger partial charge is 0.302 e. The van der Waals surface area contributed by atoms with Crippen molar-refractivity contribution >= 4 is 16.7 Å². The fraction of sp³-hybridized carbons (Fsp3) is 0.542. The van der Waals surface area contributed by atoms with Gasteiger partial charge in [-0.05, 0) is 35.6 Å². The van der Waals surface area contributed by atoms with Gasteiger partial charge in [0.1, 0.15) is 6.10 Å². The summed E-state index contributed by atoms with van der Waals surface area (Å²) in [5.74, 6) is -0.184. The summed E-state index contributed by atoms with van der Waals surface area (Å²) in [6.45, 7) is 4.10. The van der Waals surface area contributed by atoms with Crippen LogP contribution in [0.2, 0.25) is 0 Å². The number of carbonyl (C=O) groups excluding carboxylic acids is 1. The highest BCUT2D eigenvalue weighted by Crippen LogP contribution is 2.32. The molecule has 2 aromatic carbocycles. The zero-order valence-corrected chi connectivity index (χ0v) is 16.8. The molecule has 4 nitrogen and oxygen atoms in total. The molecule has 0 bridgehead atoms. The lowest BCUT2D eigenvalue weighted by molar-refractivity contribution is -0.145. The summed E-state index contributed by atoms with van der Waals surface area (Å²) in [6.07, 6.45) is 7.51. The lowest BCUT2D eigenvalue weighted by atomic mass is 9.96. The maximum Gasteiger partial charge on any atom is 0.302 e. The van der Waals surface area contributed by atoms with E-state index in [1.54, 1.807) is 0 Å². The third-order valence-corrected chi connectivity index (χ3v) is 6.06. The van der Waals surface area contributed by atoms with E-state index in [4.69, 9.17) is 9.47 Å². The zero-order valence-electron chi connectivity index (χ0n) is 16.8. The van der Waals surface area contributed by atoms with E-state index in [9.17, 15) is 4.79 Å². The Kier molecular flexibility index (Phi) is 6.28. The Morgan fingerprint density at radius 3 is 2.64 bits per heavy atom. The molecule has 1 saturated heterocycles. The largest absolute Gasteiger partial charge is 0.461 e. The summed E-state index contributed by atoms with van der Waals surface area (Å²) < 4.78 is 12.1. The first kappa shape index (κ1) is 19.4. The van der Waals surface area contributed by atoms with E-state index < -0.39 is 0 Å². The Labute approximate surface area is 167 Å².